The van der Waals surface area contributed by atoms with Crippen LogP contribution in [0.15, 0.2) is 9.70 Å². The highest BCUT2D eigenvalue weighted by Crippen LogP contribution is 2.37. The SMILES string of the molecule is CCCCC(CC)CN1C(=O)/C(=C/c2c(C)c(C#N)c(=O)n(C)c2N2CCCC(C(=O)OCC)C2)SC1=S. The Labute approximate surface area is 235 Å². The van der Waals surface area contributed by atoms with E-state index in [1.165, 1.54) is 16.3 Å². The standard InChI is InChI=1S/C28H38N4O4S2/c1-6-9-11-19(7-2)16-32-26(34)23(38-28(32)37)14-21-18(4)22(15-29)25(33)30(5)24(21)31-13-10-12-20(17-31)27(35)36-8-3/h14,19-20H,6-13,16-17H2,1-5H3/b23-14-. The molecule has 0 saturated carbocycles. The summed E-state index contributed by atoms with van der Waals surface area (Å²) in [6.45, 7) is 9.77. The number of hydrogen-bond donors (Lipinski definition) is 0. The fourth-order valence-electron chi connectivity index (χ4n) is 5.18. The molecule has 206 valence electrons. The average molecular weight is 559 g/mol. The lowest BCUT2D eigenvalue weighted by Gasteiger charge is -2.35. The Hall–Kier alpha value is -2.64. The number of unbranched alkanes of at least 4 members (excludes halogenated alkanes) is 1. The van der Waals surface area contributed by atoms with Gasteiger partial charge < -0.3 is 9.64 Å². The molecule has 0 aliphatic carbocycles. The number of pyridine rings is 1. The molecule has 3 rings (SSSR count). The summed E-state index contributed by atoms with van der Waals surface area (Å²) in [7, 11) is 1.63. The molecule has 1 amide bonds. The van der Waals surface area contributed by atoms with Crippen LogP contribution in [0, 0.1) is 30.1 Å². The summed E-state index contributed by atoms with van der Waals surface area (Å²) in [6, 6.07) is 2.04. The predicted molar refractivity (Wildman–Crippen MR) is 156 cm³/mol. The van der Waals surface area contributed by atoms with Crippen molar-refractivity contribution >= 4 is 52.1 Å². The fraction of sp³-hybridized carbons (Fsp3) is 0.607. The molecular weight excluding hydrogens is 520 g/mol. The van der Waals surface area contributed by atoms with Gasteiger partial charge in [-0.25, -0.2) is 0 Å². The Morgan fingerprint density at radius 1 is 1.32 bits per heavy atom. The second-order valence-corrected chi connectivity index (χ2v) is 11.6. The normalized spacial score (nSPS) is 19.7. The van der Waals surface area contributed by atoms with Crippen molar-refractivity contribution in [2.24, 2.45) is 18.9 Å². The number of amides is 1. The molecule has 0 bridgehead atoms. The van der Waals surface area contributed by atoms with E-state index in [0.29, 0.717) is 64.8 Å². The van der Waals surface area contributed by atoms with Gasteiger partial charge in [0.25, 0.3) is 11.5 Å². The van der Waals surface area contributed by atoms with Gasteiger partial charge in [0.05, 0.1) is 17.4 Å². The molecule has 8 nitrogen and oxygen atoms in total. The Balaban J connectivity index is 2.04. The van der Waals surface area contributed by atoms with Crippen molar-refractivity contribution in [2.75, 3.05) is 31.1 Å². The number of ether oxygens (including phenoxy) is 1. The second-order valence-electron chi connectivity index (χ2n) is 9.96. The topological polar surface area (TPSA) is 95.6 Å². The molecular formula is C28H38N4O4S2. The Morgan fingerprint density at radius 2 is 2.05 bits per heavy atom. The quantitative estimate of drug-likeness (QED) is 0.230. The van der Waals surface area contributed by atoms with Crippen LogP contribution in [0.1, 0.15) is 76.0 Å². The van der Waals surface area contributed by atoms with E-state index in [4.69, 9.17) is 17.0 Å². The van der Waals surface area contributed by atoms with Crippen LogP contribution in [-0.2, 0) is 21.4 Å². The van der Waals surface area contributed by atoms with Crippen molar-refractivity contribution in [3.63, 3.8) is 0 Å². The number of piperidine rings is 1. The monoisotopic (exact) mass is 558 g/mol. The van der Waals surface area contributed by atoms with E-state index in [-0.39, 0.29) is 23.4 Å². The lowest BCUT2D eigenvalue weighted by atomic mass is 9.96. The third-order valence-electron chi connectivity index (χ3n) is 7.44. The van der Waals surface area contributed by atoms with E-state index < -0.39 is 5.56 Å². The number of anilines is 1. The van der Waals surface area contributed by atoms with E-state index in [2.05, 4.69) is 13.8 Å². The van der Waals surface area contributed by atoms with Crippen molar-refractivity contribution in [2.45, 2.75) is 66.2 Å². The van der Waals surface area contributed by atoms with Crippen LogP contribution in [0.25, 0.3) is 6.08 Å². The molecule has 1 aromatic heterocycles. The molecule has 2 saturated heterocycles. The molecule has 3 heterocycles. The molecule has 0 aromatic carbocycles. The van der Waals surface area contributed by atoms with Crippen LogP contribution in [0.4, 0.5) is 5.82 Å². The zero-order valence-electron chi connectivity index (χ0n) is 23.0. The maximum Gasteiger partial charge on any atom is 0.310 e. The first-order chi connectivity index (χ1) is 18.2. The van der Waals surface area contributed by atoms with Crippen LogP contribution in [0.2, 0.25) is 0 Å². The maximum absolute atomic E-state index is 13.5. The number of nitrogens with zero attached hydrogens (tertiary/aromatic N) is 4. The minimum absolute atomic E-state index is 0.0440. The molecule has 2 aliphatic rings. The van der Waals surface area contributed by atoms with Crippen molar-refractivity contribution < 1.29 is 14.3 Å². The van der Waals surface area contributed by atoms with Crippen molar-refractivity contribution in [3.05, 3.63) is 31.9 Å². The number of carbonyl (C=O) groups is 2. The predicted octanol–water partition coefficient (Wildman–Crippen LogP) is 4.76. The molecule has 1 aromatic rings. The van der Waals surface area contributed by atoms with Gasteiger partial charge in [0.1, 0.15) is 21.8 Å². The highest BCUT2D eigenvalue weighted by atomic mass is 32.2. The van der Waals surface area contributed by atoms with Gasteiger partial charge in [-0.3, -0.25) is 23.9 Å². The molecule has 0 spiro atoms. The minimum atomic E-state index is -0.398. The second kappa shape index (κ2) is 13.4. The van der Waals surface area contributed by atoms with Crippen LogP contribution >= 0.6 is 24.0 Å². The number of nitriles is 1. The molecule has 2 atom stereocenters. The number of thiocarbonyl (C=S) groups is 1. The van der Waals surface area contributed by atoms with Gasteiger partial charge in [-0.15, -0.1) is 0 Å². The third-order valence-corrected chi connectivity index (χ3v) is 8.82. The lowest BCUT2D eigenvalue weighted by Crippen LogP contribution is -2.42. The van der Waals surface area contributed by atoms with Crippen molar-refractivity contribution in [1.29, 1.82) is 5.26 Å². The summed E-state index contributed by atoms with van der Waals surface area (Å²) in [6.07, 6.45) is 7.49. The number of hydrogen-bond acceptors (Lipinski definition) is 8. The lowest BCUT2D eigenvalue weighted by molar-refractivity contribution is -0.148. The summed E-state index contributed by atoms with van der Waals surface area (Å²) >= 11 is 6.86. The zero-order valence-corrected chi connectivity index (χ0v) is 24.7. The van der Waals surface area contributed by atoms with E-state index in [9.17, 15) is 19.6 Å². The highest BCUT2D eigenvalue weighted by Gasteiger charge is 2.35. The van der Waals surface area contributed by atoms with Gasteiger partial charge in [-0.2, -0.15) is 5.26 Å². The van der Waals surface area contributed by atoms with E-state index >= 15 is 0 Å². The van der Waals surface area contributed by atoms with Crippen LogP contribution in [-0.4, -0.2) is 51.9 Å². The zero-order chi connectivity index (χ0) is 28.0. The summed E-state index contributed by atoms with van der Waals surface area (Å²) in [5.41, 5.74) is 0.794. The van der Waals surface area contributed by atoms with Crippen molar-refractivity contribution in [3.8, 4) is 6.07 Å². The third kappa shape index (κ3) is 6.32. The smallest absolute Gasteiger partial charge is 0.310 e. The number of thioether (sulfide) groups is 1. The van der Waals surface area contributed by atoms with Crippen molar-refractivity contribution in [1.82, 2.24) is 9.47 Å². The van der Waals surface area contributed by atoms with Crippen LogP contribution < -0.4 is 10.5 Å². The maximum atomic E-state index is 13.5. The number of rotatable bonds is 10. The Morgan fingerprint density at radius 3 is 2.68 bits per heavy atom. The number of aromatic nitrogens is 1. The van der Waals surface area contributed by atoms with Crippen LogP contribution in [0.3, 0.4) is 0 Å². The highest BCUT2D eigenvalue weighted by molar-refractivity contribution is 8.26. The van der Waals surface area contributed by atoms with E-state index in [1.54, 1.807) is 31.9 Å². The Kier molecular flexibility index (Phi) is 10.6. The average Bonchev–Trinajstić information content (AvgIpc) is 3.17. The summed E-state index contributed by atoms with van der Waals surface area (Å²) < 4.78 is 7.25. The summed E-state index contributed by atoms with van der Waals surface area (Å²) in [4.78, 5) is 43.3. The molecule has 2 aliphatic heterocycles. The molecule has 10 heteroatoms. The fourth-order valence-corrected chi connectivity index (χ4v) is 6.44. The van der Waals surface area contributed by atoms with E-state index in [0.717, 1.165) is 32.1 Å². The number of carbonyl (C=O) groups excluding carboxylic acids is 2. The molecule has 2 fully saturated rings. The molecule has 0 N–H and O–H groups in total. The first kappa shape index (κ1) is 29.9. The number of esters is 1. The Bertz CT molecular complexity index is 1220. The summed E-state index contributed by atoms with van der Waals surface area (Å²) in [5, 5.41) is 9.76. The minimum Gasteiger partial charge on any atom is -0.466 e. The van der Waals surface area contributed by atoms with Gasteiger partial charge in [-0.05, 0) is 50.7 Å². The summed E-state index contributed by atoms with van der Waals surface area (Å²) in [5.74, 6) is 0.277. The first-order valence-electron chi connectivity index (χ1n) is 13.5. The molecule has 38 heavy (non-hydrogen) atoms. The van der Waals surface area contributed by atoms with Gasteiger partial charge >= 0.3 is 5.97 Å². The molecule has 0 radical (unpaired) electrons. The van der Waals surface area contributed by atoms with Crippen LogP contribution in [0.5, 0.6) is 0 Å². The van der Waals surface area contributed by atoms with Gasteiger partial charge in [0.15, 0.2) is 0 Å². The van der Waals surface area contributed by atoms with Gasteiger partial charge in [-0.1, -0.05) is 57.1 Å². The molecule has 2 unspecified atom stereocenters. The largest absolute Gasteiger partial charge is 0.466 e. The van der Waals surface area contributed by atoms with Gasteiger partial charge in [0, 0.05) is 32.2 Å². The first-order valence-corrected chi connectivity index (χ1v) is 14.7. The van der Waals surface area contributed by atoms with E-state index in [1.807, 2.05) is 11.0 Å². The van der Waals surface area contributed by atoms with Gasteiger partial charge in [0.2, 0.25) is 0 Å².